The van der Waals surface area contributed by atoms with E-state index in [1.165, 1.54) is 12.1 Å². The maximum atomic E-state index is 13.6. The molecule has 0 heterocycles. The number of rotatable bonds is 2. The fraction of sp³-hybridized carbons (Fsp3) is 0.154. The van der Waals surface area contributed by atoms with Gasteiger partial charge in [-0.1, -0.05) is 24.3 Å². The number of hydrogen-bond donors (Lipinski definition) is 1. The van der Waals surface area contributed by atoms with Crippen molar-refractivity contribution in [2.45, 2.75) is 0 Å². The molecular weight excluding hydrogens is 219 g/mol. The molecule has 17 heavy (non-hydrogen) atoms. The van der Waals surface area contributed by atoms with Crippen LogP contribution in [-0.2, 0) is 0 Å². The van der Waals surface area contributed by atoms with Crippen molar-refractivity contribution < 1.29 is 9.18 Å². The van der Waals surface area contributed by atoms with Gasteiger partial charge in [-0.05, 0) is 17.5 Å². The summed E-state index contributed by atoms with van der Waals surface area (Å²) in [5.41, 5.74) is 3.11. The molecular formula is C13H13FN2O. The molecule has 2 aromatic rings. The summed E-state index contributed by atoms with van der Waals surface area (Å²) in [7, 11) is 3.45. The van der Waals surface area contributed by atoms with Crippen molar-refractivity contribution in [3.63, 3.8) is 0 Å². The molecule has 4 heteroatoms. The lowest BCUT2D eigenvalue weighted by molar-refractivity contribution is 0.0858. The van der Waals surface area contributed by atoms with Gasteiger partial charge in [0.25, 0.3) is 5.91 Å². The molecule has 0 aliphatic rings. The molecule has 0 saturated carbocycles. The lowest BCUT2D eigenvalue weighted by Crippen LogP contribution is -2.36. The van der Waals surface area contributed by atoms with E-state index in [9.17, 15) is 9.18 Å². The zero-order valence-electron chi connectivity index (χ0n) is 9.70. The number of halogens is 1. The van der Waals surface area contributed by atoms with Gasteiger partial charge in [-0.3, -0.25) is 10.2 Å². The Balaban J connectivity index is 2.55. The van der Waals surface area contributed by atoms with Gasteiger partial charge in [0.15, 0.2) is 0 Å². The Morgan fingerprint density at radius 2 is 1.76 bits per heavy atom. The fourth-order valence-corrected chi connectivity index (χ4v) is 1.72. The number of benzene rings is 2. The quantitative estimate of drug-likeness (QED) is 0.805. The number of fused-ring (bicyclic) bond motifs is 1. The third-order valence-corrected chi connectivity index (χ3v) is 2.44. The highest BCUT2D eigenvalue weighted by molar-refractivity contribution is 6.06. The summed E-state index contributed by atoms with van der Waals surface area (Å²) in [4.78, 5) is 11.9. The van der Waals surface area contributed by atoms with Crippen molar-refractivity contribution in [2.75, 3.05) is 14.1 Å². The van der Waals surface area contributed by atoms with Crippen LogP contribution in [0.15, 0.2) is 36.4 Å². The minimum absolute atomic E-state index is 0.244. The largest absolute Gasteiger partial charge is 0.285 e. The summed E-state index contributed by atoms with van der Waals surface area (Å²) < 4.78 is 13.6. The zero-order valence-corrected chi connectivity index (χ0v) is 9.70. The second-order valence-corrected chi connectivity index (χ2v) is 3.98. The molecule has 0 radical (unpaired) electrons. The first kappa shape index (κ1) is 11.5. The standard InChI is InChI=1S/C13H13FN2O/c1-16(2)15-13(17)11-7-8-12(14)10-6-4-3-5-9(10)11/h3-8H,1-2H3,(H,15,17). The Bertz CT molecular complexity index is 566. The third-order valence-electron chi connectivity index (χ3n) is 2.44. The van der Waals surface area contributed by atoms with Crippen LogP contribution in [0.25, 0.3) is 10.8 Å². The molecule has 0 aliphatic carbocycles. The van der Waals surface area contributed by atoms with E-state index in [4.69, 9.17) is 0 Å². The normalized spacial score (nSPS) is 10.8. The SMILES string of the molecule is CN(C)NC(=O)c1ccc(F)c2ccccc12. The molecule has 0 aromatic heterocycles. The predicted molar refractivity (Wildman–Crippen MR) is 65.1 cm³/mol. The number of amides is 1. The fourth-order valence-electron chi connectivity index (χ4n) is 1.72. The highest BCUT2D eigenvalue weighted by atomic mass is 19.1. The third kappa shape index (κ3) is 2.26. The number of hydrazine groups is 1. The molecule has 0 saturated heterocycles. The number of carbonyl (C=O) groups is 1. The molecule has 2 aromatic carbocycles. The monoisotopic (exact) mass is 232 g/mol. The molecule has 0 aliphatic heterocycles. The van der Waals surface area contributed by atoms with E-state index >= 15 is 0 Å². The topological polar surface area (TPSA) is 32.3 Å². The number of hydrogen-bond acceptors (Lipinski definition) is 2. The van der Waals surface area contributed by atoms with Gasteiger partial charge in [-0.15, -0.1) is 0 Å². The Kier molecular flexibility index (Phi) is 3.06. The van der Waals surface area contributed by atoms with Gasteiger partial charge in [0.1, 0.15) is 5.82 Å². The molecule has 2 rings (SSSR count). The van der Waals surface area contributed by atoms with Gasteiger partial charge < -0.3 is 0 Å². The van der Waals surface area contributed by atoms with Crippen LogP contribution in [0.2, 0.25) is 0 Å². The van der Waals surface area contributed by atoms with Crippen LogP contribution in [0.4, 0.5) is 4.39 Å². The number of carbonyl (C=O) groups excluding carboxylic acids is 1. The molecule has 1 amide bonds. The second-order valence-electron chi connectivity index (χ2n) is 3.98. The predicted octanol–water partition coefficient (Wildman–Crippen LogP) is 2.19. The van der Waals surface area contributed by atoms with Crippen LogP contribution < -0.4 is 5.43 Å². The molecule has 1 N–H and O–H groups in total. The first-order valence-electron chi connectivity index (χ1n) is 5.25. The Morgan fingerprint density at radius 3 is 2.41 bits per heavy atom. The molecule has 0 unspecified atom stereocenters. The van der Waals surface area contributed by atoms with Crippen LogP contribution in [0.5, 0.6) is 0 Å². The van der Waals surface area contributed by atoms with Gasteiger partial charge in [-0.2, -0.15) is 0 Å². The summed E-state index contributed by atoms with van der Waals surface area (Å²) in [6.45, 7) is 0. The minimum atomic E-state index is -0.318. The van der Waals surface area contributed by atoms with Crippen molar-refractivity contribution in [2.24, 2.45) is 0 Å². The van der Waals surface area contributed by atoms with Gasteiger partial charge in [0.05, 0.1) is 0 Å². The average molecular weight is 232 g/mol. The minimum Gasteiger partial charge on any atom is -0.285 e. The van der Waals surface area contributed by atoms with Gasteiger partial charge >= 0.3 is 0 Å². The van der Waals surface area contributed by atoms with Crippen molar-refractivity contribution in [1.82, 2.24) is 10.4 Å². The van der Waals surface area contributed by atoms with Gasteiger partial charge in [-0.25, -0.2) is 9.40 Å². The summed E-state index contributed by atoms with van der Waals surface area (Å²) in [6, 6.07) is 9.75. The average Bonchev–Trinajstić information content (AvgIpc) is 2.29. The van der Waals surface area contributed by atoms with E-state index in [0.717, 1.165) is 0 Å². The van der Waals surface area contributed by atoms with E-state index in [1.807, 2.05) is 0 Å². The maximum Gasteiger partial charge on any atom is 0.266 e. The molecule has 0 fully saturated rings. The highest BCUT2D eigenvalue weighted by Crippen LogP contribution is 2.21. The van der Waals surface area contributed by atoms with Crippen LogP contribution in [0.1, 0.15) is 10.4 Å². The van der Waals surface area contributed by atoms with E-state index in [2.05, 4.69) is 5.43 Å². The first-order valence-corrected chi connectivity index (χ1v) is 5.25. The van der Waals surface area contributed by atoms with E-state index < -0.39 is 0 Å². The maximum absolute atomic E-state index is 13.6. The molecule has 3 nitrogen and oxygen atoms in total. The molecule has 0 atom stereocenters. The van der Waals surface area contributed by atoms with Gasteiger partial charge in [0.2, 0.25) is 0 Å². The Hall–Kier alpha value is -1.94. The highest BCUT2D eigenvalue weighted by Gasteiger charge is 2.12. The lowest BCUT2D eigenvalue weighted by atomic mass is 10.0. The Morgan fingerprint density at radius 1 is 1.12 bits per heavy atom. The lowest BCUT2D eigenvalue weighted by Gasteiger charge is -2.13. The molecule has 88 valence electrons. The van der Waals surface area contributed by atoms with E-state index in [-0.39, 0.29) is 11.7 Å². The van der Waals surface area contributed by atoms with Crippen LogP contribution in [-0.4, -0.2) is 25.0 Å². The Labute approximate surface area is 98.8 Å². The smallest absolute Gasteiger partial charge is 0.266 e. The number of nitrogens with one attached hydrogen (secondary N) is 1. The molecule has 0 spiro atoms. The van der Waals surface area contributed by atoms with Crippen molar-refractivity contribution in [1.29, 1.82) is 0 Å². The van der Waals surface area contributed by atoms with Crippen LogP contribution in [0.3, 0.4) is 0 Å². The van der Waals surface area contributed by atoms with Crippen molar-refractivity contribution in [3.05, 3.63) is 47.8 Å². The summed E-state index contributed by atoms with van der Waals surface area (Å²) in [5, 5.41) is 2.63. The van der Waals surface area contributed by atoms with E-state index in [1.54, 1.807) is 43.4 Å². The second kappa shape index (κ2) is 4.51. The summed E-state index contributed by atoms with van der Waals surface area (Å²) >= 11 is 0. The summed E-state index contributed by atoms with van der Waals surface area (Å²) in [5.74, 6) is -0.562. The van der Waals surface area contributed by atoms with Crippen molar-refractivity contribution >= 4 is 16.7 Å². The first-order chi connectivity index (χ1) is 8.09. The number of nitrogens with zero attached hydrogens (tertiary/aromatic N) is 1. The molecule has 0 bridgehead atoms. The van der Waals surface area contributed by atoms with E-state index in [0.29, 0.717) is 16.3 Å². The summed E-state index contributed by atoms with van der Waals surface area (Å²) in [6.07, 6.45) is 0. The van der Waals surface area contributed by atoms with Crippen molar-refractivity contribution in [3.8, 4) is 0 Å². The van der Waals surface area contributed by atoms with Gasteiger partial charge in [0, 0.05) is 25.0 Å². The zero-order chi connectivity index (χ0) is 12.4. The van der Waals surface area contributed by atoms with Crippen LogP contribution in [0, 0.1) is 5.82 Å². The van der Waals surface area contributed by atoms with Crippen LogP contribution >= 0.6 is 0 Å².